The molecule has 0 bridgehead atoms. The third-order valence-corrected chi connectivity index (χ3v) is 4.15. The molecule has 0 aliphatic carbocycles. The molecule has 0 fully saturated rings. The van der Waals surface area contributed by atoms with E-state index in [-0.39, 0.29) is 6.10 Å². The largest absolute Gasteiger partial charge is 0.494 e. The number of pyridine rings is 1. The van der Waals surface area contributed by atoms with Crippen LogP contribution in [0, 0.1) is 0 Å². The van der Waals surface area contributed by atoms with E-state index in [1.807, 2.05) is 18.2 Å². The van der Waals surface area contributed by atoms with Crippen molar-refractivity contribution in [1.29, 1.82) is 0 Å². The molecule has 0 radical (unpaired) electrons. The van der Waals surface area contributed by atoms with Gasteiger partial charge in [-0.05, 0) is 36.2 Å². The van der Waals surface area contributed by atoms with Crippen LogP contribution in [0.25, 0.3) is 0 Å². The van der Waals surface area contributed by atoms with E-state index in [0.29, 0.717) is 18.1 Å². The van der Waals surface area contributed by atoms with Gasteiger partial charge >= 0.3 is 0 Å². The van der Waals surface area contributed by atoms with Crippen molar-refractivity contribution in [2.75, 3.05) is 18.1 Å². The van der Waals surface area contributed by atoms with Gasteiger partial charge < -0.3 is 21.0 Å². The monoisotopic (exact) mass is 340 g/mol. The maximum atomic E-state index is 5.93. The summed E-state index contributed by atoms with van der Waals surface area (Å²) in [4.78, 5) is 9.61. The van der Waals surface area contributed by atoms with Gasteiger partial charge in [0.25, 0.3) is 0 Å². The number of aromatic nitrogens is 1. The Labute approximate surface area is 147 Å². The zero-order chi connectivity index (χ0) is 17.6. The van der Waals surface area contributed by atoms with Crippen LogP contribution in [0.15, 0.2) is 41.6 Å². The number of hydrogen-bond acceptors (Lipinski definition) is 6. The molecule has 1 unspecified atom stereocenters. The second kappa shape index (κ2) is 7.88. The number of nitrogen functional groups attached to an aromatic ring is 2. The number of hydrogen-bond donors (Lipinski definition) is 2. The first-order chi connectivity index (χ1) is 12.2. The van der Waals surface area contributed by atoms with Gasteiger partial charge in [-0.1, -0.05) is 30.6 Å². The van der Waals surface area contributed by atoms with Crippen LogP contribution in [-0.2, 0) is 11.3 Å². The molecule has 132 valence electrons. The zero-order valence-corrected chi connectivity index (χ0v) is 14.4. The number of anilines is 2. The van der Waals surface area contributed by atoms with Crippen LogP contribution >= 0.6 is 0 Å². The molecule has 2 heterocycles. The summed E-state index contributed by atoms with van der Waals surface area (Å²) >= 11 is 0. The minimum atomic E-state index is -0.195. The van der Waals surface area contributed by atoms with E-state index in [9.17, 15) is 0 Å². The molecule has 1 aromatic heterocycles. The normalized spacial score (nSPS) is 16.4. The molecular weight excluding hydrogens is 316 g/mol. The van der Waals surface area contributed by atoms with E-state index < -0.39 is 0 Å². The van der Waals surface area contributed by atoms with Crippen LogP contribution in [0.4, 0.5) is 11.6 Å². The first kappa shape index (κ1) is 17.1. The summed E-state index contributed by atoms with van der Waals surface area (Å²) in [5.74, 6) is 1.71. The van der Waals surface area contributed by atoms with Crippen molar-refractivity contribution in [2.45, 2.75) is 38.7 Å². The molecule has 1 aromatic carbocycles. The number of nitrogens with two attached hydrogens (primary N) is 2. The van der Waals surface area contributed by atoms with E-state index in [1.54, 1.807) is 6.07 Å². The number of unbranched alkanes of at least 4 members (excludes halogenated alkanes) is 1. The van der Waals surface area contributed by atoms with Crippen LogP contribution < -0.4 is 16.2 Å². The van der Waals surface area contributed by atoms with Gasteiger partial charge in [0.05, 0.1) is 12.3 Å². The molecular formula is C19H24N4O2. The number of ether oxygens (including phenoxy) is 1. The van der Waals surface area contributed by atoms with Gasteiger partial charge in [-0.15, -0.1) is 0 Å². The van der Waals surface area contributed by atoms with Gasteiger partial charge in [-0.3, -0.25) is 0 Å². The highest BCUT2D eigenvalue weighted by Gasteiger charge is 2.25. The predicted octanol–water partition coefficient (Wildman–Crippen LogP) is 3.49. The number of nitrogens with zero attached hydrogens (tertiary/aromatic N) is 2. The summed E-state index contributed by atoms with van der Waals surface area (Å²) in [5.41, 5.74) is 14.6. The third kappa shape index (κ3) is 4.41. The molecule has 25 heavy (non-hydrogen) atoms. The smallest absolute Gasteiger partial charge is 0.161 e. The van der Waals surface area contributed by atoms with Crippen molar-refractivity contribution in [3.8, 4) is 5.75 Å². The zero-order valence-electron chi connectivity index (χ0n) is 14.4. The Hall–Kier alpha value is -2.76. The van der Waals surface area contributed by atoms with E-state index in [0.717, 1.165) is 42.9 Å². The lowest BCUT2D eigenvalue weighted by Crippen LogP contribution is -2.07. The Morgan fingerprint density at radius 1 is 1.16 bits per heavy atom. The fourth-order valence-corrected chi connectivity index (χ4v) is 2.75. The Bertz CT molecular complexity index is 744. The molecule has 0 spiro atoms. The number of benzene rings is 1. The molecule has 3 rings (SSSR count). The van der Waals surface area contributed by atoms with Crippen LogP contribution in [-0.4, -0.2) is 17.3 Å². The van der Waals surface area contributed by atoms with Crippen molar-refractivity contribution < 1.29 is 9.57 Å². The van der Waals surface area contributed by atoms with Gasteiger partial charge in [-0.2, -0.15) is 0 Å². The van der Waals surface area contributed by atoms with E-state index in [4.69, 9.17) is 21.0 Å². The average Bonchev–Trinajstić information content (AvgIpc) is 3.05. The van der Waals surface area contributed by atoms with Crippen LogP contribution in [0.5, 0.6) is 5.75 Å². The number of rotatable bonds is 7. The van der Waals surface area contributed by atoms with Crippen molar-refractivity contribution in [2.24, 2.45) is 5.16 Å². The Morgan fingerprint density at radius 3 is 2.68 bits per heavy atom. The van der Waals surface area contributed by atoms with Crippen molar-refractivity contribution >= 4 is 17.3 Å². The van der Waals surface area contributed by atoms with Gasteiger partial charge in [-0.25, -0.2) is 4.98 Å². The van der Waals surface area contributed by atoms with E-state index >= 15 is 0 Å². The molecule has 6 nitrogen and oxygen atoms in total. The third-order valence-electron chi connectivity index (χ3n) is 4.15. The minimum Gasteiger partial charge on any atom is -0.494 e. The Balaban J connectivity index is 1.56. The molecule has 4 N–H and O–H groups in total. The molecule has 1 aliphatic heterocycles. The average molecular weight is 340 g/mol. The summed E-state index contributed by atoms with van der Waals surface area (Å²) in [6.07, 6.45) is 3.45. The first-order valence-electron chi connectivity index (χ1n) is 8.61. The minimum absolute atomic E-state index is 0.195. The molecule has 6 heteroatoms. The summed E-state index contributed by atoms with van der Waals surface area (Å²) in [5, 5.41) is 4.21. The molecule has 0 amide bonds. The predicted molar refractivity (Wildman–Crippen MR) is 99.5 cm³/mol. The molecule has 1 atom stereocenters. The maximum Gasteiger partial charge on any atom is 0.161 e. The van der Waals surface area contributed by atoms with Crippen LogP contribution in [0.1, 0.15) is 43.4 Å². The highest BCUT2D eigenvalue weighted by Crippen LogP contribution is 2.31. The lowest BCUT2D eigenvalue weighted by Gasteiger charge is -2.11. The second-order valence-electron chi connectivity index (χ2n) is 6.19. The van der Waals surface area contributed by atoms with Crippen molar-refractivity contribution in [3.05, 3.63) is 47.5 Å². The number of oxime groups is 1. The quantitative estimate of drug-likeness (QED) is 0.752. The summed E-state index contributed by atoms with van der Waals surface area (Å²) in [6.45, 7) is 2.91. The topological polar surface area (TPSA) is 95.8 Å². The Kier molecular flexibility index (Phi) is 5.38. The van der Waals surface area contributed by atoms with E-state index in [2.05, 4.69) is 29.2 Å². The van der Waals surface area contributed by atoms with Crippen molar-refractivity contribution in [1.82, 2.24) is 4.98 Å². The van der Waals surface area contributed by atoms with Crippen LogP contribution in [0.2, 0.25) is 0 Å². The molecule has 0 saturated carbocycles. The summed E-state index contributed by atoms with van der Waals surface area (Å²) in [6, 6.07) is 11.7. The molecule has 0 saturated heterocycles. The second-order valence-corrected chi connectivity index (χ2v) is 6.19. The SMILES string of the molecule is CCCCOc1ccc(CC2=NOC(c3ccc(N)nc3N)C2)cc1. The van der Waals surface area contributed by atoms with E-state index in [1.165, 1.54) is 5.56 Å². The molecule has 1 aliphatic rings. The lowest BCUT2D eigenvalue weighted by atomic mass is 10.0. The highest BCUT2D eigenvalue weighted by molar-refractivity contribution is 5.87. The van der Waals surface area contributed by atoms with Gasteiger partial charge in [0.2, 0.25) is 0 Å². The fraction of sp³-hybridized carbons (Fsp3) is 0.368. The van der Waals surface area contributed by atoms with Gasteiger partial charge in [0, 0.05) is 18.4 Å². The van der Waals surface area contributed by atoms with Crippen LogP contribution in [0.3, 0.4) is 0 Å². The fourth-order valence-electron chi connectivity index (χ4n) is 2.75. The first-order valence-corrected chi connectivity index (χ1v) is 8.61. The summed E-state index contributed by atoms with van der Waals surface area (Å²) in [7, 11) is 0. The Morgan fingerprint density at radius 2 is 1.96 bits per heavy atom. The van der Waals surface area contributed by atoms with Crippen molar-refractivity contribution in [3.63, 3.8) is 0 Å². The van der Waals surface area contributed by atoms with Gasteiger partial charge in [0.15, 0.2) is 6.10 Å². The standard InChI is InChI=1S/C19H24N4O2/c1-2-3-10-24-15-6-4-13(5-7-15)11-14-12-17(25-23-14)16-8-9-18(20)22-19(16)21/h4-9,17H,2-3,10-12H2,1H3,(H4,20,21,22). The lowest BCUT2D eigenvalue weighted by molar-refractivity contribution is 0.0860. The van der Waals surface area contributed by atoms with Gasteiger partial charge in [0.1, 0.15) is 17.4 Å². The highest BCUT2D eigenvalue weighted by atomic mass is 16.6. The summed E-state index contributed by atoms with van der Waals surface area (Å²) < 4.78 is 5.68. The molecule has 2 aromatic rings. The maximum absolute atomic E-state index is 5.93.